The first-order valence-electron chi connectivity index (χ1n) is 8.41. The first kappa shape index (κ1) is 22.8. The zero-order valence-electron chi connectivity index (χ0n) is 14.6. The summed E-state index contributed by atoms with van der Waals surface area (Å²) in [6.07, 6.45) is 16.9. The average Bonchev–Trinajstić information content (AvgIpc) is 2.56. The molecule has 2 atom stereocenters. The van der Waals surface area contributed by atoms with Gasteiger partial charge >= 0.3 is 5.97 Å². The lowest BCUT2D eigenvalue weighted by molar-refractivity contribution is -0.137. The molecular formula is C20H28O5. The van der Waals surface area contributed by atoms with Crippen LogP contribution in [0, 0.1) is 0 Å². The van der Waals surface area contributed by atoms with Crippen LogP contribution in [0.3, 0.4) is 0 Å². The molecular weight excluding hydrogens is 320 g/mol. The van der Waals surface area contributed by atoms with E-state index in [1.807, 2.05) is 19.1 Å². The number of aliphatic hydroxyl groups excluding tert-OH is 2. The molecule has 0 heterocycles. The molecule has 0 saturated heterocycles. The summed E-state index contributed by atoms with van der Waals surface area (Å²) in [6, 6.07) is 0. The highest BCUT2D eigenvalue weighted by Crippen LogP contribution is 2.02. The molecule has 0 aromatic heterocycles. The zero-order valence-corrected chi connectivity index (χ0v) is 14.6. The summed E-state index contributed by atoms with van der Waals surface area (Å²) in [4.78, 5) is 21.7. The topological polar surface area (TPSA) is 94.8 Å². The second-order valence-corrected chi connectivity index (χ2v) is 5.40. The van der Waals surface area contributed by atoms with Crippen LogP contribution in [0.1, 0.15) is 39.0 Å². The summed E-state index contributed by atoms with van der Waals surface area (Å²) in [7, 11) is 0. The van der Waals surface area contributed by atoms with Crippen LogP contribution in [0.2, 0.25) is 0 Å². The van der Waals surface area contributed by atoms with Crippen molar-refractivity contribution < 1.29 is 24.9 Å². The first-order valence-corrected chi connectivity index (χ1v) is 8.41. The molecule has 5 nitrogen and oxygen atoms in total. The fourth-order valence-corrected chi connectivity index (χ4v) is 1.76. The van der Waals surface area contributed by atoms with E-state index < -0.39 is 18.2 Å². The maximum atomic E-state index is 11.4. The fourth-order valence-electron chi connectivity index (χ4n) is 1.76. The Balaban J connectivity index is 4.03. The summed E-state index contributed by atoms with van der Waals surface area (Å²) < 4.78 is 0. The maximum Gasteiger partial charge on any atom is 0.303 e. The normalized spacial score (nSPS) is 15.2. The van der Waals surface area contributed by atoms with Gasteiger partial charge in [0.05, 0.1) is 12.2 Å². The molecule has 0 aliphatic rings. The van der Waals surface area contributed by atoms with Crippen LogP contribution in [0.25, 0.3) is 0 Å². The van der Waals surface area contributed by atoms with Crippen molar-refractivity contribution in [2.24, 2.45) is 0 Å². The van der Waals surface area contributed by atoms with E-state index in [-0.39, 0.29) is 18.6 Å². The van der Waals surface area contributed by atoms with Gasteiger partial charge in [-0.05, 0) is 25.3 Å². The Labute approximate surface area is 149 Å². The van der Waals surface area contributed by atoms with E-state index in [4.69, 9.17) is 5.11 Å². The second-order valence-electron chi connectivity index (χ2n) is 5.40. The third kappa shape index (κ3) is 15.1. The van der Waals surface area contributed by atoms with Gasteiger partial charge in [0.25, 0.3) is 0 Å². The van der Waals surface area contributed by atoms with Crippen LogP contribution >= 0.6 is 0 Å². The van der Waals surface area contributed by atoms with Crippen molar-refractivity contribution in [3.05, 3.63) is 60.8 Å². The van der Waals surface area contributed by atoms with Crippen molar-refractivity contribution in [1.29, 1.82) is 0 Å². The molecule has 0 aliphatic heterocycles. The van der Waals surface area contributed by atoms with Crippen LogP contribution in [-0.4, -0.2) is 39.3 Å². The molecule has 0 unspecified atom stereocenters. The summed E-state index contributed by atoms with van der Waals surface area (Å²) >= 11 is 0. The Morgan fingerprint density at radius 2 is 1.56 bits per heavy atom. The van der Waals surface area contributed by atoms with Crippen LogP contribution in [0.15, 0.2) is 60.8 Å². The SMILES string of the molecule is CCC=CC[C@@H](O)[C@H](O)/C=C/C=C/C=CC=CC(=O)CCCC(=O)O. The van der Waals surface area contributed by atoms with Crippen LogP contribution in [0.5, 0.6) is 0 Å². The number of carbonyl (C=O) groups is 2. The molecule has 0 radical (unpaired) electrons. The number of carboxylic acid groups (broad SMARTS) is 1. The van der Waals surface area contributed by atoms with Gasteiger partial charge in [-0.3, -0.25) is 9.59 Å². The number of rotatable bonds is 13. The number of aliphatic hydroxyl groups is 2. The molecule has 138 valence electrons. The van der Waals surface area contributed by atoms with Gasteiger partial charge in [0.2, 0.25) is 0 Å². The number of ketones is 1. The molecule has 0 aliphatic carbocycles. The highest BCUT2D eigenvalue weighted by molar-refractivity contribution is 5.90. The highest BCUT2D eigenvalue weighted by Gasteiger charge is 2.10. The molecule has 0 rings (SSSR count). The molecule has 0 spiro atoms. The van der Waals surface area contributed by atoms with E-state index in [0.717, 1.165) is 6.42 Å². The van der Waals surface area contributed by atoms with Crippen LogP contribution < -0.4 is 0 Å². The van der Waals surface area contributed by atoms with Gasteiger partial charge in [0, 0.05) is 12.8 Å². The second kappa shape index (κ2) is 15.3. The van der Waals surface area contributed by atoms with Crippen molar-refractivity contribution in [1.82, 2.24) is 0 Å². The minimum atomic E-state index is -0.918. The minimum Gasteiger partial charge on any atom is -0.481 e. The highest BCUT2D eigenvalue weighted by atomic mass is 16.4. The molecule has 5 heteroatoms. The molecule has 25 heavy (non-hydrogen) atoms. The number of carboxylic acids is 1. The Kier molecular flexibility index (Phi) is 13.9. The van der Waals surface area contributed by atoms with Crippen molar-refractivity contribution >= 4 is 11.8 Å². The number of aliphatic carboxylic acids is 1. The Morgan fingerprint density at radius 3 is 2.20 bits per heavy atom. The van der Waals surface area contributed by atoms with Gasteiger partial charge in [-0.25, -0.2) is 0 Å². The fraction of sp³-hybridized carbons (Fsp3) is 0.400. The number of carbonyl (C=O) groups excluding carboxylic acids is 1. The van der Waals surface area contributed by atoms with E-state index in [0.29, 0.717) is 12.8 Å². The first-order chi connectivity index (χ1) is 12.0. The summed E-state index contributed by atoms with van der Waals surface area (Å²) in [5.41, 5.74) is 0. The quantitative estimate of drug-likeness (QED) is 0.270. The van der Waals surface area contributed by atoms with Gasteiger partial charge in [0.15, 0.2) is 5.78 Å². The Hall–Kier alpha value is -2.24. The smallest absolute Gasteiger partial charge is 0.303 e. The molecule has 0 fully saturated rings. The van der Waals surface area contributed by atoms with Gasteiger partial charge < -0.3 is 15.3 Å². The molecule has 0 aromatic carbocycles. The molecule has 0 bridgehead atoms. The van der Waals surface area contributed by atoms with Crippen LogP contribution in [-0.2, 0) is 9.59 Å². The molecule has 3 N–H and O–H groups in total. The van der Waals surface area contributed by atoms with Crippen LogP contribution in [0.4, 0.5) is 0 Å². The maximum absolute atomic E-state index is 11.4. The lowest BCUT2D eigenvalue weighted by Gasteiger charge is -2.11. The van der Waals surface area contributed by atoms with Crippen molar-refractivity contribution in [2.45, 2.75) is 51.2 Å². The van der Waals surface area contributed by atoms with Crippen molar-refractivity contribution in [3.63, 3.8) is 0 Å². The van der Waals surface area contributed by atoms with Gasteiger partial charge in [-0.2, -0.15) is 0 Å². The predicted molar refractivity (Wildman–Crippen MR) is 99.1 cm³/mol. The third-order valence-corrected chi connectivity index (χ3v) is 3.13. The standard InChI is InChI=1S/C20H28O5/c1-2-3-8-14-18(22)19(23)15-10-7-5-4-6-9-12-17(21)13-11-16-20(24)25/h3-10,12,15,18-19,22-23H,2,11,13-14,16H2,1H3,(H,24,25)/b6-4?,7-5+,8-3?,12-9?,15-10+/t18-,19-/m1/s1. The predicted octanol–water partition coefficient (Wildman–Crippen LogP) is 3.11. The van der Waals surface area contributed by atoms with E-state index in [9.17, 15) is 19.8 Å². The van der Waals surface area contributed by atoms with Crippen molar-refractivity contribution in [2.75, 3.05) is 0 Å². The lowest BCUT2D eigenvalue weighted by Crippen LogP contribution is -2.22. The zero-order chi connectivity index (χ0) is 18.9. The Bertz CT molecular complexity index is 526. The largest absolute Gasteiger partial charge is 0.481 e. The minimum absolute atomic E-state index is 0.0000681. The lowest BCUT2D eigenvalue weighted by atomic mass is 10.1. The molecule has 0 saturated carbocycles. The molecule has 0 aromatic rings. The third-order valence-electron chi connectivity index (χ3n) is 3.13. The monoisotopic (exact) mass is 348 g/mol. The molecule has 0 amide bonds. The summed E-state index contributed by atoms with van der Waals surface area (Å²) in [6.45, 7) is 2.00. The van der Waals surface area contributed by atoms with Gasteiger partial charge in [-0.15, -0.1) is 0 Å². The van der Waals surface area contributed by atoms with E-state index >= 15 is 0 Å². The Morgan fingerprint density at radius 1 is 0.920 bits per heavy atom. The number of allylic oxidation sites excluding steroid dienone is 8. The number of hydrogen-bond donors (Lipinski definition) is 3. The van der Waals surface area contributed by atoms with E-state index in [1.165, 1.54) is 12.2 Å². The number of hydrogen-bond acceptors (Lipinski definition) is 4. The summed E-state index contributed by atoms with van der Waals surface area (Å²) in [5, 5.41) is 27.9. The van der Waals surface area contributed by atoms with Gasteiger partial charge in [0.1, 0.15) is 0 Å². The van der Waals surface area contributed by atoms with Crippen molar-refractivity contribution in [3.8, 4) is 0 Å². The summed E-state index contributed by atoms with van der Waals surface area (Å²) in [5.74, 6) is -1.01. The van der Waals surface area contributed by atoms with Gasteiger partial charge in [-0.1, -0.05) is 61.6 Å². The van der Waals surface area contributed by atoms with E-state index in [2.05, 4.69) is 0 Å². The van der Waals surface area contributed by atoms with E-state index in [1.54, 1.807) is 36.5 Å². The average molecular weight is 348 g/mol.